The van der Waals surface area contributed by atoms with Crippen molar-refractivity contribution in [1.29, 1.82) is 0 Å². The van der Waals surface area contributed by atoms with Crippen LogP contribution in [-0.4, -0.2) is 30.0 Å². The van der Waals surface area contributed by atoms with Crippen molar-refractivity contribution in [3.8, 4) is 5.75 Å². The molecule has 1 aromatic carbocycles. The molecule has 0 saturated heterocycles. The molecule has 0 radical (unpaired) electrons. The average molecular weight is 356 g/mol. The van der Waals surface area contributed by atoms with Gasteiger partial charge in [-0.1, -0.05) is 22.9 Å². The molecule has 2 aromatic rings. The minimum Gasteiger partial charge on any atom is -0.495 e. The highest BCUT2D eigenvalue weighted by Crippen LogP contribution is 2.25. The van der Waals surface area contributed by atoms with Gasteiger partial charge in [0.1, 0.15) is 12.3 Å². The predicted octanol–water partition coefficient (Wildman–Crippen LogP) is 2.31. The van der Waals surface area contributed by atoms with Crippen molar-refractivity contribution in [2.24, 2.45) is 0 Å². The van der Waals surface area contributed by atoms with E-state index < -0.39 is 18.4 Å². The van der Waals surface area contributed by atoms with Gasteiger partial charge in [0, 0.05) is 16.6 Å². The maximum absolute atomic E-state index is 12.0. The van der Waals surface area contributed by atoms with E-state index in [0.717, 1.165) is 11.3 Å². The third-order valence-corrected chi connectivity index (χ3v) is 4.28. The Bertz CT molecular complexity index is 795. The molecule has 8 heteroatoms. The Morgan fingerprint density at radius 3 is 2.65 bits per heavy atom. The van der Waals surface area contributed by atoms with E-state index in [1.807, 2.05) is 0 Å². The summed E-state index contributed by atoms with van der Waals surface area (Å²) >= 11 is 6.95. The van der Waals surface area contributed by atoms with Gasteiger partial charge < -0.3 is 9.47 Å². The molecular weight excluding hydrogens is 342 g/mol. The lowest BCUT2D eigenvalue weighted by molar-refractivity contribution is -0.143. The second kappa shape index (κ2) is 7.43. The van der Waals surface area contributed by atoms with Crippen LogP contribution in [0.15, 0.2) is 28.4 Å². The van der Waals surface area contributed by atoms with E-state index in [1.54, 1.807) is 18.4 Å². The molecule has 0 aliphatic heterocycles. The van der Waals surface area contributed by atoms with Gasteiger partial charge in [-0.05, 0) is 25.1 Å². The first-order chi connectivity index (χ1) is 10.9. The van der Waals surface area contributed by atoms with Crippen LogP contribution in [0.3, 0.4) is 0 Å². The zero-order valence-corrected chi connectivity index (χ0v) is 14.1. The van der Waals surface area contributed by atoms with Crippen LogP contribution < -0.4 is 9.61 Å². The summed E-state index contributed by atoms with van der Waals surface area (Å²) in [6.45, 7) is 1.08. The standard InChI is InChI=1S/C15H14ClNO5S/c1-9-8-23-15(20)17(9)6-14(19)22-7-12(18)10-3-4-13(21-2)11(16)5-10/h3-5,8H,6-7H2,1-2H3. The molecule has 0 spiro atoms. The fraction of sp³-hybridized carbons (Fsp3) is 0.267. The topological polar surface area (TPSA) is 74.6 Å². The number of ketones is 1. The number of methoxy groups -OCH3 is 1. The third kappa shape index (κ3) is 4.20. The van der Waals surface area contributed by atoms with Gasteiger partial charge in [0.05, 0.1) is 12.1 Å². The summed E-state index contributed by atoms with van der Waals surface area (Å²) in [5.41, 5.74) is 0.984. The first-order valence-electron chi connectivity index (χ1n) is 6.59. The van der Waals surface area contributed by atoms with E-state index >= 15 is 0 Å². The van der Waals surface area contributed by atoms with Gasteiger partial charge in [0.25, 0.3) is 0 Å². The number of hydrogen-bond donors (Lipinski definition) is 0. The number of aromatic nitrogens is 1. The Balaban J connectivity index is 1.95. The van der Waals surface area contributed by atoms with Crippen molar-refractivity contribution < 1.29 is 19.1 Å². The van der Waals surface area contributed by atoms with Crippen LogP contribution in [0.1, 0.15) is 16.1 Å². The molecule has 2 rings (SSSR count). The van der Waals surface area contributed by atoms with Crippen molar-refractivity contribution in [3.63, 3.8) is 0 Å². The number of aryl methyl sites for hydroxylation is 1. The van der Waals surface area contributed by atoms with Crippen molar-refractivity contribution in [3.05, 3.63) is 49.5 Å². The van der Waals surface area contributed by atoms with Gasteiger partial charge in [0.15, 0.2) is 12.4 Å². The minimum absolute atomic E-state index is 0.217. The number of benzene rings is 1. The molecule has 0 bridgehead atoms. The van der Waals surface area contributed by atoms with Crippen LogP contribution in [0.5, 0.6) is 5.75 Å². The summed E-state index contributed by atoms with van der Waals surface area (Å²) in [6, 6.07) is 4.55. The van der Waals surface area contributed by atoms with Gasteiger partial charge >= 0.3 is 10.8 Å². The molecule has 1 aromatic heterocycles. The monoisotopic (exact) mass is 355 g/mol. The SMILES string of the molecule is COc1ccc(C(=O)COC(=O)Cn2c(C)csc2=O)cc1Cl. The number of halogens is 1. The molecule has 23 heavy (non-hydrogen) atoms. The lowest BCUT2D eigenvalue weighted by Crippen LogP contribution is -2.24. The average Bonchev–Trinajstić information content (AvgIpc) is 2.84. The van der Waals surface area contributed by atoms with Crippen LogP contribution in [0, 0.1) is 6.92 Å². The van der Waals surface area contributed by atoms with Crippen LogP contribution in [0.25, 0.3) is 0 Å². The summed E-state index contributed by atoms with van der Waals surface area (Å²) in [5.74, 6) is -0.591. The first-order valence-corrected chi connectivity index (χ1v) is 7.85. The van der Waals surface area contributed by atoms with E-state index in [-0.39, 0.29) is 11.4 Å². The zero-order chi connectivity index (χ0) is 17.0. The quantitative estimate of drug-likeness (QED) is 0.587. The van der Waals surface area contributed by atoms with Crippen LogP contribution in [-0.2, 0) is 16.1 Å². The van der Waals surface area contributed by atoms with Crippen molar-refractivity contribution in [2.75, 3.05) is 13.7 Å². The van der Waals surface area contributed by atoms with E-state index in [0.29, 0.717) is 22.0 Å². The Labute approximate surface area is 141 Å². The number of rotatable bonds is 6. The highest BCUT2D eigenvalue weighted by molar-refractivity contribution is 7.07. The maximum atomic E-state index is 12.0. The van der Waals surface area contributed by atoms with E-state index in [4.69, 9.17) is 21.1 Å². The van der Waals surface area contributed by atoms with Gasteiger partial charge in [0.2, 0.25) is 0 Å². The van der Waals surface area contributed by atoms with E-state index in [1.165, 1.54) is 23.8 Å². The van der Waals surface area contributed by atoms with Gasteiger partial charge in [-0.3, -0.25) is 19.0 Å². The highest BCUT2D eigenvalue weighted by Gasteiger charge is 2.14. The number of thiazole rings is 1. The largest absolute Gasteiger partial charge is 0.495 e. The maximum Gasteiger partial charge on any atom is 0.326 e. The number of Topliss-reactive ketones (excluding diaryl/α,β-unsaturated/α-hetero) is 1. The molecule has 0 unspecified atom stereocenters. The van der Waals surface area contributed by atoms with Crippen LogP contribution in [0.4, 0.5) is 0 Å². The zero-order valence-electron chi connectivity index (χ0n) is 12.5. The number of carbonyl (C=O) groups excluding carboxylic acids is 2. The van der Waals surface area contributed by atoms with Gasteiger partial charge in [-0.15, -0.1) is 0 Å². The Kier molecular flexibility index (Phi) is 5.57. The smallest absolute Gasteiger partial charge is 0.326 e. The second-order valence-corrected chi connectivity index (χ2v) is 5.89. The summed E-state index contributed by atoms with van der Waals surface area (Å²) in [6.07, 6.45) is 0. The summed E-state index contributed by atoms with van der Waals surface area (Å²) < 4.78 is 11.2. The summed E-state index contributed by atoms with van der Waals surface area (Å²) in [5, 5.41) is 1.95. The van der Waals surface area contributed by atoms with E-state index in [2.05, 4.69) is 0 Å². The Hall–Kier alpha value is -2.12. The Morgan fingerprint density at radius 2 is 2.09 bits per heavy atom. The number of carbonyl (C=O) groups is 2. The number of hydrogen-bond acceptors (Lipinski definition) is 6. The molecule has 0 aliphatic carbocycles. The minimum atomic E-state index is -0.651. The van der Waals surface area contributed by atoms with Crippen molar-refractivity contribution >= 4 is 34.7 Å². The van der Waals surface area contributed by atoms with Gasteiger partial charge in [-0.25, -0.2) is 0 Å². The first kappa shape index (κ1) is 17.2. The fourth-order valence-electron chi connectivity index (χ4n) is 1.84. The molecule has 1 heterocycles. The molecule has 0 atom stereocenters. The molecule has 0 N–H and O–H groups in total. The molecule has 0 saturated carbocycles. The fourth-order valence-corrected chi connectivity index (χ4v) is 2.83. The van der Waals surface area contributed by atoms with E-state index in [9.17, 15) is 14.4 Å². The molecule has 0 fully saturated rings. The molecule has 0 amide bonds. The van der Waals surface area contributed by atoms with Crippen molar-refractivity contribution in [2.45, 2.75) is 13.5 Å². The molecule has 0 aliphatic rings. The number of nitrogens with zero attached hydrogens (tertiary/aromatic N) is 1. The Morgan fingerprint density at radius 1 is 1.35 bits per heavy atom. The summed E-state index contributed by atoms with van der Waals surface area (Å²) in [7, 11) is 1.47. The number of esters is 1. The lowest BCUT2D eigenvalue weighted by Gasteiger charge is -2.07. The predicted molar refractivity (Wildman–Crippen MR) is 86.6 cm³/mol. The van der Waals surface area contributed by atoms with Crippen molar-refractivity contribution in [1.82, 2.24) is 4.57 Å². The highest BCUT2D eigenvalue weighted by atomic mass is 35.5. The lowest BCUT2D eigenvalue weighted by atomic mass is 10.1. The summed E-state index contributed by atoms with van der Waals surface area (Å²) in [4.78, 5) is 35.0. The molecular formula is C15H14ClNO5S. The normalized spacial score (nSPS) is 10.4. The third-order valence-electron chi connectivity index (χ3n) is 3.10. The molecule has 6 nitrogen and oxygen atoms in total. The second-order valence-electron chi connectivity index (χ2n) is 4.66. The van der Waals surface area contributed by atoms with Gasteiger partial charge in [-0.2, -0.15) is 0 Å². The van der Waals surface area contributed by atoms with Crippen LogP contribution in [0.2, 0.25) is 5.02 Å². The van der Waals surface area contributed by atoms with Crippen LogP contribution >= 0.6 is 22.9 Å². The molecule has 122 valence electrons. The number of ether oxygens (including phenoxy) is 2.